The van der Waals surface area contributed by atoms with Gasteiger partial charge in [-0.25, -0.2) is 0 Å². The van der Waals surface area contributed by atoms with Gasteiger partial charge in [0.15, 0.2) is 0 Å². The number of amides is 1. The molecule has 19 heavy (non-hydrogen) atoms. The van der Waals surface area contributed by atoms with Gasteiger partial charge in [-0.05, 0) is 18.6 Å². The topological polar surface area (TPSA) is 42.0 Å². The highest BCUT2D eigenvalue weighted by Crippen LogP contribution is 2.18. The Hall–Kier alpha value is -2.16. The molecular formula is C16H18N2O. The Labute approximate surface area is 113 Å². The molecule has 0 saturated heterocycles. The molecule has 1 aromatic carbocycles. The lowest BCUT2D eigenvalue weighted by Gasteiger charge is -2.05. The van der Waals surface area contributed by atoms with E-state index in [9.17, 15) is 4.79 Å². The molecule has 2 aromatic rings. The van der Waals surface area contributed by atoms with E-state index in [2.05, 4.69) is 17.2 Å². The highest BCUT2D eigenvalue weighted by molar-refractivity contribution is 5.90. The summed E-state index contributed by atoms with van der Waals surface area (Å²) < 4.78 is 0. The maximum atomic E-state index is 11.6. The largest absolute Gasteiger partial charge is 0.325 e. The van der Waals surface area contributed by atoms with Crippen molar-refractivity contribution in [2.45, 2.75) is 26.2 Å². The molecule has 0 aliphatic carbocycles. The number of hydrogen-bond acceptors (Lipinski definition) is 2. The number of carbonyl (C=O) groups excluding carboxylic acids is 1. The maximum Gasteiger partial charge on any atom is 0.224 e. The van der Waals surface area contributed by atoms with Gasteiger partial charge in [0.1, 0.15) is 0 Å². The zero-order valence-electron chi connectivity index (χ0n) is 11.1. The zero-order chi connectivity index (χ0) is 13.5. The van der Waals surface area contributed by atoms with E-state index >= 15 is 0 Å². The molecule has 0 aliphatic rings. The molecular weight excluding hydrogens is 236 g/mol. The van der Waals surface area contributed by atoms with Crippen LogP contribution in [0.15, 0.2) is 48.7 Å². The first-order chi connectivity index (χ1) is 9.29. The van der Waals surface area contributed by atoms with Gasteiger partial charge in [-0.15, -0.1) is 0 Å². The molecule has 1 N–H and O–H groups in total. The molecule has 2 rings (SSSR count). The minimum absolute atomic E-state index is 0.0520. The Morgan fingerprint density at radius 1 is 1.16 bits per heavy atom. The van der Waals surface area contributed by atoms with Crippen LogP contribution in [-0.2, 0) is 4.79 Å². The average molecular weight is 254 g/mol. The number of pyridine rings is 1. The van der Waals surface area contributed by atoms with Crippen molar-refractivity contribution < 1.29 is 4.79 Å². The van der Waals surface area contributed by atoms with Gasteiger partial charge in [0.2, 0.25) is 5.91 Å². The lowest BCUT2D eigenvalue weighted by Crippen LogP contribution is -2.11. The second-order valence-corrected chi connectivity index (χ2v) is 4.45. The SMILES string of the molecule is CCCCC(=O)Nc1ccc(-c2ccccc2)nc1. The number of unbranched alkanes of at least 4 members (excludes halogenated alkanes) is 1. The van der Waals surface area contributed by atoms with E-state index in [4.69, 9.17) is 0 Å². The first-order valence-corrected chi connectivity index (χ1v) is 6.61. The maximum absolute atomic E-state index is 11.6. The van der Waals surface area contributed by atoms with E-state index in [1.54, 1.807) is 6.20 Å². The second kappa shape index (κ2) is 6.69. The van der Waals surface area contributed by atoms with Crippen molar-refractivity contribution in [3.05, 3.63) is 48.7 Å². The summed E-state index contributed by atoms with van der Waals surface area (Å²) in [4.78, 5) is 16.0. The third-order valence-corrected chi connectivity index (χ3v) is 2.87. The standard InChI is InChI=1S/C16H18N2O/c1-2-3-9-16(19)18-14-10-11-15(17-12-14)13-7-5-4-6-8-13/h4-8,10-12H,2-3,9H2,1H3,(H,18,19). The monoisotopic (exact) mass is 254 g/mol. The fourth-order valence-corrected chi connectivity index (χ4v) is 1.81. The van der Waals surface area contributed by atoms with Gasteiger partial charge in [0.05, 0.1) is 17.6 Å². The Bertz CT molecular complexity index is 520. The van der Waals surface area contributed by atoms with Gasteiger partial charge in [0.25, 0.3) is 0 Å². The molecule has 3 nitrogen and oxygen atoms in total. The predicted octanol–water partition coefficient (Wildman–Crippen LogP) is 3.88. The van der Waals surface area contributed by atoms with Gasteiger partial charge >= 0.3 is 0 Å². The van der Waals surface area contributed by atoms with Crippen LogP contribution in [0.3, 0.4) is 0 Å². The number of benzene rings is 1. The van der Waals surface area contributed by atoms with E-state index < -0.39 is 0 Å². The Morgan fingerprint density at radius 2 is 1.95 bits per heavy atom. The quantitative estimate of drug-likeness (QED) is 0.879. The predicted molar refractivity (Wildman–Crippen MR) is 77.8 cm³/mol. The Kier molecular flexibility index (Phi) is 4.67. The van der Waals surface area contributed by atoms with Gasteiger partial charge in [-0.3, -0.25) is 9.78 Å². The third kappa shape index (κ3) is 3.91. The Balaban J connectivity index is 2.01. The molecule has 1 amide bonds. The highest BCUT2D eigenvalue weighted by Gasteiger charge is 2.03. The second-order valence-electron chi connectivity index (χ2n) is 4.45. The Morgan fingerprint density at radius 3 is 2.58 bits per heavy atom. The first-order valence-electron chi connectivity index (χ1n) is 6.61. The van der Waals surface area contributed by atoms with Crippen LogP contribution in [0.1, 0.15) is 26.2 Å². The van der Waals surface area contributed by atoms with Crippen LogP contribution in [0.4, 0.5) is 5.69 Å². The van der Waals surface area contributed by atoms with E-state index in [0.29, 0.717) is 6.42 Å². The number of anilines is 1. The van der Waals surface area contributed by atoms with Crippen LogP contribution >= 0.6 is 0 Å². The molecule has 98 valence electrons. The summed E-state index contributed by atoms with van der Waals surface area (Å²) in [5.74, 6) is 0.0520. The fourth-order valence-electron chi connectivity index (χ4n) is 1.81. The minimum atomic E-state index is 0.0520. The zero-order valence-corrected chi connectivity index (χ0v) is 11.1. The van der Waals surface area contributed by atoms with Gasteiger partial charge in [-0.2, -0.15) is 0 Å². The van der Waals surface area contributed by atoms with Gasteiger partial charge < -0.3 is 5.32 Å². The van der Waals surface area contributed by atoms with Crippen molar-refractivity contribution in [2.75, 3.05) is 5.32 Å². The van der Waals surface area contributed by atoms with E-state index in [-0.39, 0.29) is 5.91 Å². The summed E-state index contributed by atoms with van der Waals surface area (Å²) in [5.41, 5.74) is 2.74. The lowest BCUT2D eigenvalue weighted by atomic mass is 10.1. The summed E-state index contributed by atoms with van der Waals surface area (Å²) in [6.45, 7) is 2.07. The number of aromatic nitrogens is 1. The van der Waals surface area contributed by atoms with Gasteiger partial charge in [0, 0.05) is 12.0 Å². The summed E-state index contributed by atoms with van der Waals surface area (Å²) in [6.07, 6.45) is 4.21. The van der Waals surface area contributed by atoms with E-state index in [1.165, 1.54) is 0 Å². The van der Waals surface area contributed by atoms with Crippen molar-refractivity contribution in [2.24, 2.45) is 0 Å². The molecule has 0 saturated carbocycles. The fraction of sp³-hybridized carbons (Fsp3) is 0.250. The molecule has 0 fully saturated rings. The van der Waals surface area contributed by atoms with Crippen LogP contribution in [0, 0.1) is 0 Å². The number of rotatable bonds is 5. The van der Waals surface area contributed by atoms with E-state index in [1.807, 2.05) is 42.5 Å². The summed E-state index contributed by atoms with van der Waals surface area (Å²) >= 11 is 0. The lowest BCUT2D eigenvalue weighted by molar-refractivity contribution is -0.116. The van der Waals surface area contributed by atoms with Crippen molar-refractivity contribution in [1.82, 2.24) is 4.98 Å². The number of nitrogens with zero attached hydrogens (tertiary/aromatic N) is 1. The van der Waals surface area contributed by atoms with Crippen molar-refractivity contribution in [3.63, 3.8) is 0 Å². The molecule has 0 spiro atoms. The number of hydrogen-bond donors (Lipinski definition) is 1. The van der Waals surface area contributed by atoms with Crippen molar-refractivity contribution >= 4 is 11.6 Å². The third-order valence-electron chi connectivity index (χ3n) is 2.87. The van der Waals surface area contributed by atoms with Crippen molar-refractivity contribution in [3.8, 4) is 11.3 Å². The molecule has 0 radical (unpaired) electrons. The summed E-state index contributed by atoms with van der Waals surface area (Å²) in [5, 5.41) is 2.85. The first kappa shape index (κ1) is 13.3. The number of nitrogens with one attached hydrogen (secondary N) is 1. The minimum Gasteiger partial charge on any atom is -0.325 e. The molecule has 0 aliphatic heterocycles. The summed E-state index contributed by atoms with van der Waals surface area (Å²) in [6, 6.07) is 13.8. The normalized spacial score (nSPS) is 10.2. The molecule has 0 atom stereocenters. The molecule has 1 aromatic heterocycles. The van der Waals surface area contributed by atoms with Crippen LogP contribution < -0.4 is 5.32 Å². The smallest absolute Gasteiger partial charge is 0.224 e. The van der Waals surface area contributed by atoms with E-state index in [0.717, 1.165) is 29.8 Å². The molecule has 3 heteroatoms. The van der Waals surface area contributed by atoms with Crippen LogP contribution in [0.5, 0.6) is 0 Å². The average Bonchev–Trinajstić information content (AvgIpc) is 2.47. The van der Waals surface area contributed by atoms with Gasteiger partial charge in [-0.1, -0.05) is 43.7 Å². The highest BCUT2D eigenvalue weighted by atomic mass is 16.1. The number of carbonyl (C=O) groups is 1. The molecule has 0 bridgehead atoms. The van der Waals surface area contributed by atoms with Crippen LogP contribution in [0.25, 0.3) is 11.3 Å². The molecule has 0 unspecified atom stereocenters. The van der Waals surface area contributed by atoms with Crippen LogP contribution in [-0.4, -0.2) is 10.9 Å². The summed E-state index contributed by atoms with van der Waals surface area (Å²) in [7, 11) is 0. The van der Waals surface area contributed by atoms with Crippen LogP contribution in [0.2, 0.25) is 0 Å². The molecule has 1 heterocycles. The van der Waals surface area contributed by atoms with Crippen molar-refractivity contribution in [1.29, 1.82) is 0 Å².